The van der Waals surface area contributed by atoms with E-state index in [0.29, 0.717) is 22.5 Å². The van der Waals surface area contributed by atoms with Crippen molar-refractivity contribution in [2.75, 3.05) is 7.11 Å². The molecule has 0 aliphatic carbocycles. The van der Waals surface area contributed by atoms with E-state index in [4.69, 9.17) is 13.9 Å². The van der Waals surface area contributed by atoms with Crippen LogP contribution in [-0.2, 0) is 0 Å². The third-order valence-electron chi connectivity index (χ3n) is 4.61. The molecule has 4 aromatic rings. The number of fused-ring (bicyclic) bond motifs is 1. The van der Waals surface area contributed by atoms with Crippen molar-refractivity contribution in [3.63, 3.8) is 0 Å². The highest BCUT2D eigenvalue weighted by Gasteiger charge is 2.24. The molecular formula is C21H18N4O6. The van der Waals surface area contributed by atoms with Crippen molar-refractivity contribution < 1.29 is 23.6 Å². The van der Waals surface area contributed by atoms with Crippen LogP contribution in [0.2, 0.25) is 0 Å². The fraction of sp³-hybridized carbons (Fsp3) is 0.190. The molecule has 3 heterocycles. The minimum Gasteiger partial charge on any atom is -0.496 e. The summed E-state index contributed by atoms with van der Waals surface area (Å²) < 4.78 is 17.5. The summed E-state index contributed by atoms with van der Waals surface area (Å²) >= 11 is 0. The molecule has 0 fully saturated rings. The van der Waals surface area contributed by atoms with Crippen LogP contribution in [0.3, 0.4) is 0 Å². The maximum absolute atomic E-state index is 13.1. The second-order valence-electron chi connectivity index (χ2n) is 6.93. The molecule has 31 heavy (non-hydrogen) atoms. The average Bonchev–Trinajstić information content (AvgIpc) is 3.43. The fourth-order valence-electron chi connectivity index (χ4n) is 3.12. The lowest BCUT2D eigenvalue weighted by Crippen LogP contribution is -2.12. The highest BCUT2D eigenvalue weighted by molar-refractivity contribution is 6.04. The predicted octanol–water partition coefficient (Wildman–Crippen LogP) is 4.41. The topological polar surface area (TPSA) is 123 Å². The van der Waals surface area contributed by atoms with Gasteiger partial charge in [0.1, 0.15) is 11.4 Å². The summed E-state index contributed by atoms with van der Waals surface area (Å²) in [7, 11) is 1.39. The number of rotatable bonds is 6. The van der Waals surface area contributed by atoms with E-state index in [9.17, 15) is 14.9 Å². The minimum absolute atomic E-state index is 0.0107. The Morgan fingerprint density at radius 3 is 2.71 bits per heavy atom. The smallest absolute Gasteiger partial charge is 0.344 e. The van der Waals surface area contributed by atoms with E-state index in [1.54, 1.807) is 16.8 Å². The van der Waals surface area contributed by atoms with Gasteiger partial charge in [0.15, 0.2) is 11.4 Å². The van der Waals surface area contributed by atoms with Gasteiger partial charge in [-0.15, -0.1) is 0 Å². The monoisotopic (exact) mass is 422 g/mol. The molecule has 0 saturated carbocycles. The fourth-order valence-corrected chi connectivity index (χ4v) is 3.12. The number of furan rings is 1. The molecule has 3 aromatic heterocycles. The van der Waals surface area contributed by atoms with Gasteiger partial charge in [-0.25, -0.2) is 14.5 Å². The molecule has 0 unspecified atom stereocenters. The van der Waals surface area contributed by atoms with Crippen molar-refractivity contribution >= 4 is 22.7 Å². The Bertz CT molecular complexity index is 1280. The molecule has 4 rings (SSSR count). The van der Waals surface area contributed by atoms with Gasteiger partial charge in [-0.3, -0.25) is 10.1 Å². The first-order valence-electron chi connectivity index (χ1n) is 9.35. The van der Waals surface area contributed by atoms with Gasteiger partial charge in [-0.2, -0.15) is 5.10 Å². The largest absolute Gasteiger partial charge is 0.496 e. The van der Waals surface area contributed by atoms with Gasteiger partial charge in [0.25, 0.3) is 0 Å². The van der Waals surface area contributed by atoms with Gasteiger partial charge >= 0.3 is 11.7 Å². The molecular weight excluding hydrogens is 404 g/mol. The maximum Gasteiger partial charge on any atom is 0.344 e. The molecule has 0 aliphatic rings. The van der Waals surface area contributed by atoms with Crippen LogP contribution in [-0.4, -0.2) is 32.8 Å². The lowest BCUT2D eigenvalue weighted by atomic mass is 10.1. The molecule has 0 aliphatic heterocycles. The summed E-state index contributed by atoms with van der Waals surface area (Å²) in [5.41, 5.74) is 0.659. The lowest BCUT2D eigenvalue weighted by Gasteiger charge is -2.10. The zero-order valence-corrected chi connectivity index (χ0v) is 16.9. The minimum atomic E-state index is -0.781. The third-order valence-corrected chi connectivity index (χ3v) is 4.61. The highest BCUT2D eigenvalue weighted by atomic mass is 16.6. The number of benzene rings is 1. The number of carbonyl (C=O) groups is 1. The van der Waals surface area contributed by atoms with Crippen LogP contribution in [0, 0.1) is 10.1 Å². The number of esters is 1. The standard InChI is InChI=1S/C21H18N4O6/c1-12(2)24-20-15(11-22-24)14(10-16(23-20)18-5-4-8-30-18)21(26)31-19-7-6-13(29-3)9-17(19)25(27)28/h4-12H,1-3H3. The van der Waals surface area contributed by atoms with E-state index in [-0.39, 0.29) is 28.8 Å². The lowest BCUT2D eigenvalue weighted by molar-refractivity contribution is -0.385. The van der Waals surface area contributed by atoms with Gasteiger partial charge in [0.2, 0.25) is 5.75 Å². The van der Waals surface area contributed by atoms with Crippen molar-refractivity contribution in [3.8, 4) is 23.0 Å². The number of hydrogen-bond acceptors (Lipinski definition) is 8. The van der Waals surface area contributed by atoms with E-state index in [0.717, 1.165) is 0 Å². The summed E-state index contributed by atoms with van der Waals surface area (Å²) in [5.74, 6) is -0.243. The zero-order valence-electron chi connectivity index (χ0n) is 16.9. The molecule has 10 nitrogen and oxygen atoms in total. The van der Waals surface area contributed by atoms with Crippen LogP contribution in [0.25, 0.3) is 22.5 Å². The number of methoxy groups -OCH3 is 1. The number of nitro groups is 1. The van der Waals surface area contributed by atoms with Gasteiger partial charge in [0, 0.05) is 6.04 Å². The number of pyridine rings is 1. The average molecular weight is 422 g/mol. The first kappa shape index (κ1) is 20.1. The summed E-state index contributed by atoms with van der Waals surface area (Å²) in [4.78, 5) is 28.5. The molecule has 0 saturated heterocycles. The Hall–Kier alpha value is -4.21. The van der Waals surface area contributed by atoms with Crippen LogP contribution in [0.1, 0.15) is 30.2 Å². The SMILES string of the molecule is COc1ccc(OC(=O)c2cc(-c3ccco3)nc3c2cnn3C(C)C)c([N+](=O)[O-])c1. The van der Waals surface area contributed by atoms with Crippen LogP contribution >= 0.6 is 0 Å². The summed E-state index contributed by atoms with van der Waals surface area (Å²) in [6.07, 6.45) is 3.02. The quantitative estimate of drug-likeness (QED) is 0.194. The number of nitrogens with zero attached hydrogens (tertiary/aromatic N) is 4. The van der Waals surface area contributed by atoms with Crippen LogP contribution in [0.15, 0.2) is 53.3 Å². The Kier molecular flexibility index (Phi) is 5.12. The Morgan fingerprint density at radius 2 is 2.06 bits per heavy atom. The number of nitro benzene ring substituents is 1. The normalized spacial score (nSPS) is 11.1. The van der Waals surface area contributed by atoms with Gasteiger partial charge in [-0.1, -0.05) is 0 Å². The summed E-state index contributed by atoms with van der Waals surface area (Å²) in [5, 5.41) is 16.2. The highest BCUT2D eigenvalue weighted by Crippen LogP contribution is 2.33. The van der Waals surface area contributed by atoms with E-state index in [2.05, 4.69) is 10.1 Å². The van der Waals surface area contributed by atoms with Crippen LogP contribution < -0.4 is 9.47 Å². The molecule has 0 radical (unpaired) electrons. The second kappa shape index (κ2) is 7.90. The van der Waals surface area contributed by atoms with Crippen LogP contribution in [0.4, 0.5) is 5.69 Å². The maximum atomic E-state index is 13.1. The first-order chi connectivity index (χ1) is 14.9. The molecule has 10 heteroatoms. The van der Waals surface area contributed by atoms with Crippen LogP contribution in [0.5, 0.6) is 11.5 Å². The van der Waals surface area contributed by atoms with Crippen molar-refractivity contribution in [3.05, 3.63) is 64.5 Å². The molecule has 1 aromatic carbocycles. The van der Waals surface area contributed by atoms with Gasteiger partial charge in [-0.05, 0) is 44.2 Å². The second-order valence-corrected chi connectivity index (χ2v) is 6.93. The molecule has 0 bridgehead atoms. The van der Waals surface area contributed by atoms with Gasteiger partial charge < -0.3 is 13.9 Å². The van der Waals surface area contributed by atoms with Gasteiger partial charge in [0.05, 0.1) is 41.5 Å². The number of aromatic nitrogens is 3. The number of ether oxygens (including phenoxy) is 2. The molecule has 0 amide bonds. The van der Waals surface area contributed by atoms with Crippen molar-refractivity contribution in [1.29, 1.82) is 0 Å². The first-order valence-corrected chi connectivity index (χ1v) is 9.35. The van der Waals surface area contributed by atoms with E-state index in [1.165, 1.54) is 43.8 Å². The Labute approximate surface area is 176 Å². The summed E-state index contributed by atoms with van der Waals surface area (Å²) in [6, 6.07) is 8.92. The van der Waals surface area contributed by atoms with E-state index in [1.807, 2.05) is 13.8 Å². The van der Waals surface area contributed by atoms with E-state index < -0.39 is 10.9 Å². The van der Waals surface area contributed by atoms with E-state index >= 15 is 0 Å². The number of carbonyl (C=O) groups excluding carboxylic acids is 1. The predicted molar refractivity (Wildman–Crippen MR) is 110 cm³/mol. The third kappa shape index (κ3) is 3.70. The Balaban J connectivity index is 1.82. The van der Waals surface area contributed by atoms with Crippen molar-refractivity contribution in [2.24, 2.45) is 0 Å². The molecule has 0 atom stereocenters. The zero-order chi connectivity index (χ0) is 22.1. The molecule has 0 N–H and O–H groups in total. The van der Waals surface area contributed by atoms with Crippen molar-refractivity contribution in [2.45, 2.75) is 19.9 Å². The van der Waals surface area contributed by atoms with Crippen molar-refractivity contribution in [1.82, 2.24) is 14.8 Å². The Morgan fingerprint density at radius 1 is 1.26 bits per heavy atom. The molecule has 158 valence electrons. The molecule has 0 spiro atoms. The number of hydrogen-bond donors (Lipinski definition) is 0. The summed E-state index contributed by atoms with van der Waals surface area (Å²) in [6.45, 7) is 3.87.